The van der Waals surface area contributed by atoms with Gasteiger partial charge in [0.2, 0.25) is 0 Å². The number of amides is 3. The van der Waals surface area contributed by atoms with E-state index in [1.165, 1.54) is 0 Å². The highest BCUT2D eigenvalue weighted by molar-refractivity contribution is 7.91. The maximum absolute atomic E-state index is 11.8. The van der Waals surface area contributed by atoms with Crippen molar-refractivity contribution in [2.24, 2.45) is 5.92 Å². The molecule has 0 bridgehead atoms. The Labute approximate surface area is 152 Å². The first-order valence-corrected chi connectivity index (χ1v) is 10.0. The Morgan fingerprint density at radius 2 is 1.96 bits per heavy atom. The van der Waals surface area contributed by atoms with Crippen LogP contribution in [0, 0.1) is 19.8 Å². The molecule has 1 fully saturated rings. The maximum atomic E-state index is 11.8. The molecule has 26 heavy (non-hydrogen) atoms. The molecule has 0 radical (unpaired) electrons. The van der Waals surface area contributed by atoms with Gasteiger partial charge >= 0.3 is 12.0 Å². The predicted molar refractivity (Wildman–Crippen MR) is 95.4 cm³/mol. The zero-order valence-corrected chi connectivity index (χ0v) is 15.5. The molecule has 1 atom stereocenters. The summed E-state index contributed by atoms with van der Waals surface area (Å²) >= 11 is 0. The molecule has 0 aromatic heterocycles. The van der Waals surface area contributed by atoms with Gasteiger partial charge in [-0.1, -0.05) is 17.7 Å². The molecule has 9 heteroatoms. The molecule has 1 aliphatic heterocycles. The van der Waals surface area contributed by atoms with E-state index in [0.717, 1.165) is 11.1 Å². The van der Waals surface area contributed by atoms with Crippen molar-refractivity contribution in [1.29, 1.82) is 0 Å². The van der Waals surface area contributed by atoms with Crippen molar-refractivity contribution in [2.45, 2.75) is 26.7 Å². The number of benzene rings is 1. The van der Waals surface area contributed by atoms with Gasteiger partial charge in [-0.05, 0) is 37.8 Å². The minimum atomic E-state index is -3.06. The molecule has 0 spiro atoms. The largest absolute Gasteiger partial charge is 0.456 e. The number of sulfone groups is 1. The number of nitrogens with one attached hydrogen (secondary N) is 2. The predicted octanol–water partition coefficient (Wildman–Crippen LogP) is 1.32. The molecule has 142 valence electrons. The Balaban J connectivity index is 1.72. The third-order valence-corrected chi connectivity index (χ3v) is 5.87. The topological polar surface area (TPSA) is 119 Å². The Morgan fingerprint density at radius 1 is 1.23 bits per heavy atom. The summed E-state index contributed by atoms with van der Waals surface area (Å²) in [6.45, 7) is 3.16. The maximum Gasteiger partial charge on any atom is 0.325 e. The van der Waals surface area contributed by atoms with Gasteiger partial charge in [0.05, 0.1) is 11.5 Å². The lowest BCUT2D eigenvalue weighted by atomic mass is 10.1. The number of aryl methyl sites for hydroxylation is 2. The van der Waals surface area contributed by atoms with E-state index in [4.69, 9.17) is 4.74 Å². The smallest absolute Gasteiger partial charge is 0.325 e. The van der Waals surface area contributed by atoms with Crippen LogP contribution in [-0.2, 0) is 24.2 Å². The monoisotopic (exact) mass is 382 g/mol. The Kier molecular flexibility index (Phi) is 6.36. The van der Waals surface area contributed by atoms with Crippen LogP contribution in [0.5, 0.6) is 0 Å². The van der Waals surface area contributed by atoms with Gasteiger partial charge in [0, 0.05) is 12.1 Å². The molecular weight excluding hydrogens is 360 g/mol. The first-order chi connectivity index (χ1) is 12.1. The number of rotatable bonds is 5. The van der Waals surface area contributed by atoms with Gasteiger partial charge in [0.25, 0.3) is 5.91 Å². The fourth-order valence-electron chi connectivity index (χ4n) is 2.74. The van der Waals surface area contributed by atoms with E-state index in [2.05, 4.69) is 10.6 Å². The Bertz CT molecular complexity index is 819. The van der Waals surface area contributed by atoms with Gasteiger partial charge in [0.1, 0.15) is 0 Å². The average molecular weight is 382 g/mol. The quantitative estimate of drug-likeness (QED) is 0.742. The minimum Gasteiger partial charge on any atom is -0.456 e. The lowest BCUT2D eigenvalue weighted by Crippen LogP contribution is -2.37. The molecule has 1 aromatic rings. The van der Waals surface area contributed by atoms with Gasteiger partial charge in [-0.25, -0.2) is 13.2 Å². The lowest BCUT2D eigenvalue weighted by molar-refractivity contribution is -0.149. The molecule has 2 rings (SSSR count). The van der Waals surface area contributed by atoms with E-state index in [0.29, 0.717) is 12.1 Å². The van der Waals surface area contributed by atoms with Crippen LogP contribution in [-0.4, -0.2) is 44.4 Å². The van der Waals surface area contributed by atoms with Crippen LogP contribution in [0.15, 0.2) is 18.2 Å². The highest BCUT2D eigenvalue weighted by Crippen LogP contribution is 2.21. The lowest BCUT2D eigenvalue weighted by Gasteiger charge is -2.10. The highest BCUT2D eigenvalue weighted by Gasteiger charge is 2.30. The third kappa shape index (κ3) is 6.14. The zero-order valence-electron chi connectivity index (χ0n) is 14.7. The molecular formula is C17H22N2O6S. The first kappa shape index (κ1) is 19.9. The van der Waals surface area contributed by atoms with Crippen molar-refractivity contribution < 1.29 is 27.5 Å². The van der Waals surface area contributed by atoms with Crippen LogP contribution in [0.3, 0.4) is 0 Å². The van der Waals surface area contributed by atoms with E-state index < -0.39 is 34.4 Å². The van der Waals surface area contributed by atoms with E-state index in [1.54, 1.807) is 6.07 Å². The number of esters is 1. The van der Waals surface area contributed by atoms with Crippen molar-refractivity contribution in [3.8, 4) is 0 Å². The SMILES string of the molecule is Cc1ccc(NC(=O)NC(=O)COC(=O)C[C@@H]2CCS(=O)(=O)C2)c(C)c1. The van der Waals surface area contributed by atoms with Crippen LogP contribution in [0.2, 0.25) is 0 Å². The average Bonchev–Trinajstić information content (AvgIpc) is 2.87. The van der Waals surface area contributed by atoms with Crippen molar-refractivity contribution in [3.05, 3.63) is 29.3 Å². The standard InChI is InChI=1S/C17H22N2O6S/c1-11-3-4-14(12(2)7-11)18-17(22)19-15(20)9-25-16(21)8-13-5-6-26(23,24)10-13/h3-4,7,13H,5-6,8-10H2,1-2H3,(H2,18,19,20,22)/t13-/m0/s1. The normalized spacial score (nSPS) is 18.2. The molecule has 3 amide bonds. The molecule has 0 saturated carbocycles. The van der Waals surface area contributed by atoms with Crippen molar-refractivity contribution in [3.63, 3.8) is 0 Å². The molecule has 1 aromatic carbocycles. The van der Waals surface area contributed by atoms with Crippen LogP contribution >= 0.6 is 0 Å². The van der Waals surface area contributed by atoms with Crippen LogP contribution < -0.4 is 10.6 Å². The summed E-state index contributed by atoms with van der Waals surface area (Å²) < 4.78 is 27.5. The first-order valence-electron chi connectivity index (χ1n) is 8.19. The number of anilines is 1. The van der Waals surface area contributed by atoms with Crippen molar-refractivity contribution in [1.82, 2.24) is 5.32 Å². The summed E-state index contributed by atoms with van der Waals surface area (Å²) in [6, 6.07) is 4.72. The summed E-state index contributed by atoms with van der Waals surface area (Å²) in [5, 5.41) is 4.62. The third-order valence-electron chi connectivity index (χ3n) is 4.03. The number of carbonyl (C=O) groups is 3. The second-order valence-electron chi connectivity index (χ2n) is 6.45. The van der Waals surface area contributed by atoms with E-state index in [1.807, 2.05) is 26.0 Å². The molecule has 1 saturated heterocycles. The van der Waals surface area contributed by atoms with Crippen LogP contribution in [0.4, 0.5) is 10.5 Å². The molecule has 0 aliphatic carbocycles. The number of carbonyl (C=O) groups excluding carboxylic acids is 3. The molecule has 0 unspecified atom stereocenters. The minimum absolute atomic E-state index is 0.0351. The fourth-order valence-corrected chi connectivity index (χ4v) is 4.61. The van der Waals surface area contributed by atoms with Crippen molar-refractivity contribution >= 4 is 33.4 Å². The van der Waals surface area contributed by atoms with Gasteiger partial charge in [-0.3, -0.25) is 14.9 Å². The van der Waals surface area contributed by atoms with E-state index >= 15 is 0 Å². The van der Waals surface area contributed by atoms with Crippen molar-refractivity contribution in [2.75, 3.05) is 23.4 Å². The molecule has 1 aliphatic rings. The molecule has 1 heterocycles. The molecule has 2 N–H and O–H groups in total. The van der Waals surface area contributed by atoms with E-state index in [9.17, 15) is 22.8 Å². The summed E-state index contributed by atoms with van der Waals surface area (Å²) in [4.78, 5) is 35.2. The van der Waals surface area contributed by atoms with Gasteiger partial charge in [-0.2, -0.15) is 0 Å². The number of imide groups is 1. The van der Waals surface area contributed by atoms with Crippen LogP contribution in [0.25, 0.3) is 0 Å². The zero-order chi connectivity index (χ0) is 19.3. The van der Waals surface area contributed by atoms with Gasteiger partial charge < -0.3 is 10.1 Å². The summed E-state index contributed by atoms with van der Waals surface area (Å²) in [5.41, 5.74) is 2.47. The number of urea groups is 1. The number of hydrogen-bond donors (Lipinski definition) is 2. The second-order valence-corrected chi connectivity index (χ2v) is 8.68. The number of ether oxygens (including phenoxy) is 1. The summed E-state index contributed by atoms with van der Waals surface area (Å²) in [6.07, 6.45) is 0.364. The Hall–Kier alpha value is -2.42. The Morgan fingerprint density at radius 3 is 2.58 bits per heavy atom. The van der Waals surface area contributed by atoms with E-state index in [-0.39, 0.29) is 23.8 Å². The van der Waals surface area contributed by atoms with Crippen LogP contribution in [0.1, 0.15) is 24.0 Å². The number of hydrogen-bond acceptors (Lipinski definition) is 6. The van der Waals surface area contributed by atoms with Gasteiger partial charge in [0.15, 0.2) is 16.4 Å². The van der Waals surface area contributed by atoms with Gasteiger partial charge in [-0.15, -0.1) is 0 Å². The summed E-state index contributed by atoms with van der Waals surface area (Å²) in [7, 11) is -3.06. The fraction of sp³-hybridized carbons (Fsp3) is 0.471. The molecule has 8 nitrogen and oxygen atoms in total. The second kappa shape index (κ2) is 8.31. The summed E-state index contributed by atoms with van der Waals surface area (Å²) in [5.74, 6) is -1.66. The highest BCUT2D eigenvalue weighted by atomic mass is 32.2.